The van der Waals surface area contributed by atoms with Gasteiger partial charge in [-0.05, 0) is 36.6 Å². The number of benzene rings is 2. The molecule has 0 unspecified atom stereocenters. The molecular weight excluding hydrogens is 300 g/mol. The van der Waals surface area contributed by atoms with Gasteiger partial charge in [-0.2, -0.15) is 0 Å². The molecular formula is C21H22O3. The second kappa shape index (κ2) is 7.35. The van der Waals surface area contributed by atoms with E-state index in [1.807, 2.05) is 49.4 Å². The molecule has 1 aromatic heterocycles. The van der Waals surface area contributed by atoms with Crippen LogP contribution in [0.15, 0.2) is 57.7 Å². The molecule has 3 nitrogen and oxygen atoms in total. The summed E-state index contributed by atoms with van der Waals surface area (Å²) in [7, 11) is 0. The van der Waals surface area contributed by atoms with Crippen LogP contribution in [0.2, 0.25) is 0 Å². The van der Waals surface area contributed by atoms with E-state index in [4.69, 9.17) is 9.15 Å². The molecule has 0 amide bonds. The third kappa shape index (κ3) is 3.35. The van der Waals surface area contributed by atoms with Crippen LogP contribution in [0.4, 0.5) is 0 Å². The fraction of sp³-hybridized carbons (Fsp3) is 0.286. The molecule has 0 saturated carbocycles. The molecule has 0 aliphatic carbocycles. The van der Waals surface area contributed by atoms with Gasteiger partial charge in [-0.25, -0.2) is 4.79 Å². The van der Waals surface area contributed by atoms with Crippen LogP contribution in [0.5, 0.6) is 5.75 Å². The van der Waals surface area contributed by atoms with E-state index < -0.39 is 0 Å². The topological polar surface area (TPSA) is 39.4 Å². The van der Waals surface area contributed by atoms with Crippen molar-refractivity contribution in [1.82, 2.24) is 0 Å². The van der Waals surface area contributed by atoms with Crippen LogP contribution in [0.25, 0.3) is 22.1 Å². The summed E-state index contributed by atoms with van der Waals surface area (Å²) < 4.78 is 11.4. The van der Waals surface area contributed by atoms with Crippen LogP contribution in [-0.2, 0) is 0 Å². The van der Waals surface area contributed by atoms with E-state index in [0.717, 1.165) is 47.1 Å². The van der Waals surface area contributed by atoms with E-state index in [2.05, 4.69) is 6.92 Å². The van der Waals surface area contributed by atoms with Gasteiger partial charge in [0, 0.05) is 17.0 Å². The molecule has 0 spiro atoms. The molecule has 0 saturated heterocycles. The summed E-state index contributed by atoms with van der Waals surface area (Å²) in [4.78, 5) is 12.0. The van der Waals surface area contributed by atoms with E-state index in [0.29, 0.717) is 12.2 Å². The monoisotopic (exact) mass is 322 g/mol. The first-order valence-corrected chi connectivity index (χ1v) is 8.46. The van der Waals surface area contributed by atoms with Gasteiger partial charge in [0.05, 0.1) is 6.61 Å². The van der Waals surface area contributed by atoms with Crippen molar-refractivity contribution in [3.63, 3.8) is 0 Å². The number of unbranched alkanes of at least 4 members (excludes halogenated alkanes) is 2. The second-order valence-electron chi connectivity index (χ2n) is 5.97. The quantitative estimate of drug-likeness (QED) is 0.454. The van der Waals surface area contributed by atoms with Crippen LogP contribution < -0.4 is 10.4 Å². The molecule has 0 atom stereocenters. The summed E-state index contributed by atoms with van der Waals surface area (Å²) in [6.07, 6.45) is 3.34. The molecule has 0 aliphatic heterocycles. The Balaban J connectivity index is 2.04. The van der Waals surface area contributed by atoms with Gasteiger partial charge in [0.1, 0.15) is 11.3 Å². The Labute approximate surface area is 141 Å². The van der Waals surface area contributed by atoms with E-state index in [-0.39, 0.29) is 5.63 Å². The van der Waals surface area contributed by atoms with Crippen molar-refractivity contribution in [3.8, 4) is 16.9 Å². The summed E-state index contributed by atoms with van der Waals surface area (Å²) in [5.74, 6) is 0.784. The fourth-order valence-corrected chi connectivity index (χ4v) is 2.89. The minimum Gasteiger partial charge on any atom is -0.493 e. The third-order valence-electron chi connectivity index (χ3n) is 4.20. The molecule has 1 heterocycles. The molecule has 0 aliphatic rings. The third-order valence-corrected chi connectivity index (χ3v) is 4.20. The largest absolute Gasteiger partial charge is 0.493 e. The Morgan fingerprint density at radius 1 is 1.04 bits per heavy atom. The highest BCUT2D eigenvalue weighted by Gasteiger charge is 2.13. The normalized spacial score (nSPS) is 10.9. The van der Waals surface area contributed by atoms with Crippen molar-refractivity contribution in [2.45, 2.75) is 33.1 Å². The number of hydrogen-bond acceptors (Lipinski definition) is 3. The van der Waals surface area contributed by atoms with E-state index in [9.17, 15) is 4.79 Å². The van der Waals surface area contributed by atoms with Crippen LogP contribution in [0, 0.1) is 6.92 Å². The maximum absolute atomic E-state index is 12.0. The summed E-state index contributed by atoms with van der Waals surface area (Å²) in [5.41, 5.74) is 3.04. The zero-order chi connectivity index (χ0) is 16.9. The average molecular weight is 322 g/mol. The maximum Gasteiger partial charge on any atom is 0.336 e. The van der Waals surface area contributed by atoms with Crippen LogP contribution in [0.1, 0.15) is 31.7 Å². The van der Waals surface area contributed by atoms with Gasteiger partial charge in [0.2, 0.25) is 0 Å². The van der Waals surface area contributed by atoms with Gasteiger partial charge >= 0.3 is 5.63 Å². The average Bonchev–Trinajstić information content (AvgIpc) is 2.61. The van der Waals surface area contributed by atoms with E-state index >= 15 is 0 Å². The van der Waals surface area contributed by atoms with Crippen molar-refractivity contribution in [3.05, 3.63) is 64.5 Å². The molecule has 2 aromatic carbocycles. The van der Waals surface area contributed by atoms with Gasteiger partial charge in [-0.1, -0.05) is 50.1 Å². The second-order valence-corrected chi connectivity index (χ2v) is 5.97. The molecule has 3 aromatic rings. The Hall–Kier alpha value is -2.55. The zero-order valence-electron chi connectivity index (χ0n) is 14.2. The van der Waals surface area contributed by atoms with Crippen LogP contribution in [0.3, 0.4) is 0 Å². The molecule has 124 valence electrons. The maximum atomic E-state index is 12.0. The first-order chi connectivity index (χ1) is 11.7. The van der Waals surface area contributed by atoms with Crippen LogP contribution in [-0.4, -0.2) is 6.61 Å². The summed E-state index contributed by atoms with van der Waals surface area (Å²) >= 11 is 0. The van der Waals surface area contributed by atoms with Gasteiger partial charge in [0.15, 0.2) is 0 Å². The molecule has 0 radical (unpaired) electrons. The van der Waals surface area contributed by atoms with Crippen molar-refractivity contribution in [2.75, 3.05) is 6.61 Å². The smallest absolute Gasteiger partial charge is 0.336 e. The molecule has 3 rings (SSSR count). The highest BCUT2D eigenvalue weighted by molar-refractivity contribution is 5.95. The SMILES string of the molecule is CCCCCOc1ccc2c(-c3ccccc3)cc(=O)oc2c1C. The Bertz CT molecular complexity index is 879. The molecule has 3 heteroatoms. The standard InChI is InChI=1S/C21H22O3/c1-3-4-8-13-23-19-12-11-17-18(16-9-6-5-7-10-16)14-20(22)24-21(17)15(19)2/h5-7,9-12,14H,3-4,8,13H2,1-2H3. The first-order valence-electron chi connectivity index (χ1n) is 8.46. The molecule has 0 fully saturated rings. The lowest BCUT2D eigenvalue weighted by atomic mass is 10.0. The Kier molecular flexibility index (Phi) is 4.99. The van der Waals surface area contributed by atoms with E-state index in [1.54, 1.807) is 6.07 Å². The summed E-state index contributed by atoms with van der Waals surface area (Å²) in [6, 6.07) is 15.4. The highest BCUT2D eigenvalue weighted by Crippen LogP contribution is 2.33. The molecule has 24 heavy (non-hydrogen) atoms. The van der Waals surface area contributed by atoms with Crippen molar-refractivity contribution < 1.29 is 9.15 Å². The number of ether oxygens (including phenoxy) is 1. The van der Waals surface area contributed by atoms with Crippen LogP contribution >= 0.6 is 0 Å². The van der Waals surface area contributed by atoms with Gasteiger partial charge < -0.3 is 9.15 Å². The lowest BCUT2D eigenvalue weighted by Crippen LogP contribution is -2.02. The summed E-state index contributed by atoms with van der Waals surface area (Å²) in [6.45, 7) is 4.79. The fourth-order valence-electron chi connectivity index (χ4n) is 2.89. The first kappa shape index (κ1) is 16.3. The predicted octanol–water partition coefficient (Wildman–Crippen LogP) is 5.34. The Morgan fingerprint density at radius 3 is 2.58 bits per heavy atom. The van der Waals surface area contributed by atoms with Gasteiger partial charge in [-0.15, -0.1) is 0 Å². The number of aryl methyl sites for hydroxylation is 1. The lowest BCUT2D eigenvalue weighted by molar-refractivity contribution is 0.304. The minimum absolute atomic E-state index is 0.340. The molecule has 0 bridgehead atoms. The zero-order valence-corrected chi connectivity index (χ0v) is 14.2. The number of fused-ring (bicyclic) bond motifs is 1. The Morgan fingerprint density at radius 2 is 1.83 bits per heavy atom. The van der Waals surface area contributed by atoms with Crippen molar-refractivity contribution in [1.29, 1.82) is 0 Å². The van der Waals surface area contributed by atoms with Crippen molar-refractivity contribution in [2.24, 2.45) is 0 Å². The van der Waals surface area contributed by atoms with Crippen molar-refractivity contribution >= 4 is 11.0 Å². The van der Waals surface area contributed by atoms with Gasteiger partial charge in [0.25, 0.3) is 0 Å². The number of hydrogen-bond donors (Lipinski definition) is 0. The van der Waals surface area contributed by atoms with E-state index in [1.165, 1.54) is 0 Å². The highest BCUT2D eigenvalue weighted by atomic mass is 16.5. The lowest BCUT2D eigenvalue weighted by Gasteiger charge is -2.12. The molecule has 0 N–H and O–H groups in total. The summed E-state index contributed by atoms with van der Waals surface area (Å²) in [5, 5.41) is 0.930. The predicted molar refractivity (Wildman–Crippen MR) is 97.7 cm³/mol. The van der Waals surface area contributed by atoms with Gasteiger partial charge in [-0.3, -0.25) is 0 Å². The minimum atomic E-state index is -0.340. The number of rotatable bonds is 6.